The van der Waals surface area contributed by atoms with Crippen LogP contribution in [0.4, 0.5) is 11.4 Å². The zero-order chi connectivity index (χ0) is 12.1. The Morgan fingerprint density at radius 1 is 0.941 bits per heavy atom. The van der Waals surface area contributed by atoms with Crippen molar-refractivity contribution in [2.75, 3.05) is 5.32 Å². The van der Waals surface area contributed by atoms with Crippen molar-refractivity contribution in [3.8, 4) is 0 Å². The maximum Gasteiger partial charge on any atom is 0.0387 e. The van der Waals surface area contributed by atoms with Crippen LogP contribution < -0.4 is 5.32 Å². The highest BCUT2D eigenvalue weighted by Gasteiger charge is 1.99. The minimum absolute atomic E-state index is 1.13. The van der Waals surface area contributed by atoms with Crippen molar-refractivity contribution in [1.82, 2.24) is 0 Å². The fourth-order valence-corrected chi connectivity index (χ4v) is 2.01. The van der Waals surface area contributed by atoms with Crippen LogP contribution in [0.25, 0.3) is 0 Å². The average Bonchev–Trinajstić information content (AvgIpc) is 2.34. The van der Waals surface area contributed by atoms with Gasteiger partial charge in [-0.3, -0.25) is 0 Å². The SMILES string of the molecule is CCCc1ccc(Nc2ccccc2)cc1C. The molecule has 0 fully saturated rings. The van der Waals surface area contributed by atoms with Crippen molar-refractivity contribution in [2.24, 2.45) is 0 Å². The van der Waals surface area contributed by atoms with Gasteiger partial charge in [-0.25, -0.2) is 0 Å². The molecule has 0 amide bonds. The van der Waals surface area contributed by atoms with Gasteiger partial charge in [0.25, 0.3) is 0 Å². The van der Waals surface area contributed by atoms with Crippen LogP contribution in [0.1, 0.15) is 24.5 Å². The summed E-state index contributed by atoms with van der Waals surface area (Å²) in [6.07, 6.45) is 2.36. The van der Waals surface area contributed by atoms with E-state index in [1.807, 2.05) is 18.2 Å². The zero-order valence-electron chi connectivity index (χ0n) is 10.5. The van der Waals surface area contributed by atoms with Gasteiger partial charge in [0.2, 0.25) is 0 Å². The Hall–Kier alpha value is -1.76. The van der Waals surface area contributed by atoms with Crippen LogP contribution in [0.5, 0.6) is 0 Å². The number of para-hydroxylation sites is 1. The smallest absolute Gasteiger partial charge is 0.0387 e. The molecule has 88 valence electrons. The van der Waals surface area contributed by atoms with Crippen molar-refractivity contribution in [3.05, 3.63) is 59.7 Å². The van der Waals surface area contributed by atoms with Crippen LogP contribution in [0.15, 0.2) is 48.5 Å². The van der Waals surface area contributed by atoms with Crippen LogP contribution in [0.2, 0.25) is 0 Å². The molecular weight excluding hydrogens is 206 g/mol. The van der Waals surface area contributed by atoms with Crippen molar-refractivity contribution in [1.29, 1.82) is 0 Å². The molecule has 0 saturated carbocycles. The first-order valence-electron chi connectivity index (χ1n) is 6.21. The molecular formula is C16H19N. The van der Waals surface area contributed by atoms with Crippen molar-refractivity contribution >= 4 is 11.4 Å². The van der Waals surface area contributed by atoms with Gasteiger partial charge in [-0.2, -0.15) is 0 Å². The van der Waals surface area contributed by atoms with Crippen molar-refractivity contribution in [2.45, 2.75) is 26.7 Å². The van der Waals surface area contributed by atoms with Gasteiger partial charge in [0.15, 0.2) is 0 Å². The Labute approximate surface area is 103 Å². The summed E-state index contributed by atoms with van der Waals surface area (Å²) in [6.45, 7) is 4.40. The van der Waals surface area contributed by atoms with Gasteiger partial charge in [0, 0.05) is 11.4 Å². The second-order valence-electron chi connectivity index (χ2n) is 4.38. The molecule has 0 radical (unpaired) electrons. The molecule has 0 aromatic heterocycles. The number of rotatable bonds is 4. The van der Waals surface area contributed by atoms with E-state index >= 15 is 0 Å². The third-order valence-electron chi connectivity index (χ3n) is 2.92. The summed E-state index contributed by atoms with van der Waals surface area (Å²) in [4.78, 5) is 0. The van der Waals surface area contributed by atoms with Gasteiger partial charge in [-0.05, 0) is 48.7 Å². The molecule has 1 nitrogen and oxygen atoms in total. The molecule has 0 aliphatic heterocycles. The number of nitrogens with one attached hydrogen (secondary N) is 1. The maximum absolute atomic E-state index is 3.41. The molecule has 0 heterocycles. The lowest BCUT2D eigenvalue weighted by atomic mass is 10.0. The summed E-state index contributed by atoms with van der Waals surface area (Å²) in [7, 11) is 0. The lowest BCUT2D eigenvalue weighted by molar-refractivity contribution is 0.913. The molecule has 2 aromatic rings. The highest BCUT2D eigenvalue weighted by Crippen LogP contribution is 2.20. The minimum atomic E-state index is 1.13. The second-order valence-corrected chi connectivity index (χ2v) is 4.38. The highest BCUT2D eigenvalue weighted by molar-refractivity contribution is 5.60. The molecule has 1 N–H and O–H groups in total. The fourth-order valence-electron chi connectivity index (χ4n) is 2.01. The van der Waals surface area contributed by atoms with Gasteiger partial charge in [0.1, 0.15) is 0 Å². The molecule has 0 aliphatic carbocycles. The first kappa shape index (κ1) is 11.7. The third kappa shape index (κ3) is 3.10. The Morgan fingerprint density at radius 3 is 2.35 bits per heavy atom. The third-order valence-corrected chi connectivity index (χ3v) is 2.92. The number of anilines is 2. The monoisotopic (exact) mass is 225 g/mol. The Morgan fingerprint density at radius 2 is 1.71 bits per heavy atom. The van der Waals surface area contributed by atoms with Crippen LogP contribution in [-0.2, 0) is 6.42 Å². The van der Waals surface area contributed by atoms with Crippen molar-refractivity contribution < 1.29 is 0 Å². The van der Waals surface area contributed by atoms with Crippen LogP contribution in [0, 0.1) is 6.92 Å². The first-order chi connectivity index (χ1) is 8.29. The number of aryl methyl sites for hydroxylation is 2. The van der Waals surface area contributed by atoms with E-state index in [0.717, 1.165) is 17.8 Å². The normalized spacial score (nSPS) is 10.2. The van der Waals surface area contributed by atoms with E-state index in [0.29, 0.717) is 0 Å². The molecule has 2 aromatic carbocycles. The van der Waals surface area contributed by atoms with Gasteiger partial charge < -0.3 is 5.32 Å². The summed E-state index contributed by atoms with van der Waals surface area (Å²) < 4.78 is 0. The lowest BCUT2D eigenvalue weighted by Gasteiger charge is -2.10. The summed E-state index contributed by atoms with van der Waals surface area (Å²) in [6, 6.07) is 16.9. The number of hydrogen-bond donors (Lipinski definition) is 1. The average molecular weight is 225 g/mol. The molecule has 0 aliphatic rings. The Kier molecular flexibility index (Phi) is 3.81. The minimum Gasteiger partial charge on any atom is -0.356 e. The molecule has 1 heteroatoms. The lowest BCUT2D eigenvalue weighted by Crippen LogP contribution is -1.93. The molecule has 0 bridgehead atoms. The van der Waals surface area contributed by atoms with Crippen LogP contribution in [0.3, 0.4) is 0 Å². The van der Waals surface area contributed by atoms with E-state index in [2.05, 4.69) is 49.5 Å². The molecule has 0 saturated heterocycles. The maximum atomic E-state index is 3.41. The summed E-state index contributed by atoms with van der Waals surface area (Å²) in [5.74, 6) is 0. The Balaban J connectivity index is 2.15. The largest absolute Gasteiger partial charge is 0.356 e. The molecule has 0 unspecified atom stereocenters. The van der Waals surface area contributed by atoms with E-state index in [9.17, 15) is 0 Å². The van der Waals surface area contributed by atoms with Gasteiger partial charge in [-0.15, -0.1) is 0 Å². The number of hydrogen-bond acceptors (Lipinski definition) is 1. The van der Waals surface area contributed by atoms with E-state index in [1.165, 1.54) is 17.5 Å². The standard InChI is InChI=1S/C16H19N/c1-3-7-14-10-11-16(12-13(14)2)17-15-8-5-4-6-9-15/h4-6,8-12,17H,3,7H2,1-2H3. The first-order valence-corrected chi connectivity index (χ1v) is 6.21. The van der Waals surface area contributed by atoms with Gasteiger partial charge in [-0.1, -0.05) is 37.6 Å². The topological polar surface area (TPSA) is 12.0 Å². The Bertz CT molecular complexity index is 474. The second kappa shape index (κ2) is 5.53. The van der Waals surface area contributed by atoms with Gasteiger partial charge in [0.05, 0.1) is 0 Å². The van der Waals surface area contributed by atoms with E-state index in [-0.39, 0.29) is 0 Å². The van der Waals surface area contributed by atoms with Crippen LogP contribution in [-0.4, -0.2) is 0 Å². The summed E-state index contributed by atoms with van der Waals surface area (Å²) >= 11 is 0. The molecule has 0 atom stereocenters. The molecule has 17 heavy (non-hydrogen) atoms. The van der Waals surface area contributed by atoms with E-state index < -0.39 is 0 Å². The predicted octanol–water partition coefficient (Wildman–Crippen LogP) is 4.69. The van der Waals surface area contributed by atoms with E-state index in [1.54, 1.807) is 0 Å². The fraction of sp³-hybridized carbons (Fsp3) is 0.250. The molecule has 0 spiro atoms. The van der Waals surface area contributed by atoms with Gasteiger partial charge >= 0.3 is 0 Å². The van der Waals surface area contributed by atoms with E-state index in [4.69, 9.17) is 0 Å². The van der Waals surface area contributed by atoms with Crippen molar-refractivity contribution in [3.63, 3.8) is 0 Å². The summed E-state index contributed by atoms with van der Waals surface area (Å²) in [5.41, 5.74) is 5.11. The highest BCUT2D eigenvalue weighted by atomic mass is 14.9. The zero-order valence-corrected chi connectivity index (χ0v) is 10.5. The molecule has 2 rings (SSSR count). The predicted molar refractivity (Wildman–Crippen MR) is 74.9 cm³/mol. The summed E-state index contributed by atoms with van der Waals surface area (Å²) in [5, 5.41) is 3.41. The number of benzene rings is 2. The quantitative estimate of drug-likeness (QED) is 0.795. The van der Waals surface area contributed by atoms with Crippen LogP contribution >= 0.6 is 0 Å².